The number of piperazine rings is 1. The first-order valence-electron chi connectivity index (χ1n) is 22.3. The average Bonchev–Trinajstić information content (AvgIpc) is 3.33. The quantitative estimate of drug-likeness (QED) is 0.0797. The molecule has 10 nitrogen and oxygen atoms in total. The van der Waals surface area contributed by atoms with Crippen LogP contribution in [-0.4, -0.2) is 99.8 Å². The summed E-state index contributed by atoms with van der Waals surface area (Å²) in [7, 11) is 0. The van der Waals surface area contributed by atoms with Gasteiger partial charge in [-0.2, -0.15) is 0 Å². The summed E-state index contributed by atoms with van der Waals surface area (Å²) in [5, 5.41) is 0.614. The summed E-state index contributed by atoms with van der Waals surface area (Å²) in [5.74, 6) is -3.21. The topological polar surface area (TPSA) is 98.7 Å². The Morgan fingerprint density at radius 1 is 0.623 bits per heavy atom. The zero-order valence-corrected chi connectivity index (χ0v) is 39.6. The first kappa shape index (κ1) is 55.2. The molecule has 2 aliphatic rings. The molecule has 0 saturated carbocycles. The van der Waals surface area contributed by atoms with Crippen molar-refractivity contribution in [3.05, 3.63) is 133 Å². The standard InChI is InChI=1S/C22H19F3N4O.C20H18F3N3.C6H15N.C3H3ClO.CH4/c1-3-18(30)28-6-8-29(9-7-28)22-16-10-13(2)19(20(25)21(16)26-12-27-22)15-5-4-14(23)11-17(15)24;1-12-9-15-19(24-11-25-20(15)26-7-3-2-4-8-26)18(23)17(12)14-6-5-13(21)10-16(14)22;1-4-7(5-2)6-3;1-2-3(4)5;/h3-5,10-12H,1,6-9H2,2H3;5-6,9-11H,2-4,7-8H2,1H3;4-6H2,1-3H3;2H,1H2;1H4. The van der Waals surface area contributed by atoms with E-state index in [4.69, 9.17) is 11.6 Å². The van der Waals surface area contributed by atoms with E-state index in [-0.39, 0.29) is 46.6 Å². The largest absolute Gasteiger partial charge is 0.356 e. The van der Waals surface area contributed by atoms with Crippen LogP contribution in [0.1, 0.15) is 58.6 Å². The summed E-state index contributed by atoms with van der Waals surface area (Å²) in [5.41, 5.74) is 1.44. The van der Waals surface area contributed by atoms with Gasteiger partial charge in [-0.3, -0.25) is 9.59 Å². The van der Waals surface area contributed by atoms with E-state index >= 15 is 8.78 Å². The van der Waals surface area contributed by atoms with E-state index < -0.39 is 40.1 Å². The molecule has 0 bridgehead atoms. The molecule has 0 radical (unpaired) electrons. The number of anilines is 2. The predicted octanol–water partition coefficient (Wildman–Crippen LogP) is 11.8. The number of aromatic nitrogens is 4. The van der Waals surface area contributed by atoms with Crippen molar-refractivity contribution < 1.29 is 35.9 Å². The van der Waals surface area contributed by atoms with Crippen molar-refractivity contribution in [2.24, 2.45) is 0 Å². The van der Waals surface area contributed by atoms with E-state index in [1.807, 2.05) is 4.90 Å². The van der Waals surface area contributed by atoms with Gasteiger partial charge in [0.25, 0.3) is 0 Å². The maximum Gasteiger partial charge on any atom is 0.246 e. The average molecular weight is 978 g/mol. The Bertz CT molecular complexity index is 2750. The van der Waals surface area contributed by atoms with Gasteiger partial charge in [0.2, 0.25) is 11.1 Å². The molecule has 1 amide bonds. The van der Waals surface area contributed by atoms with Crippen LogP contribution in [0, 0.1) is 48.8 Å². The highest BCUT2D eigenvalue weighted by atomic mass is 35.5. The Kier molecular flexibility index (Phi) is 20.7. The molecule has 0 unspecified atom stereocenters. The van der Waals surface area contributed by atoms with Crippen LogP contribution < -0.4 is 9.80 Å². The second-order valence-electron chi connectivity index (χ2n) is 15.9. The number of aryl methyl sites for hydroxylation is 2. The number of fused-ring (bicyclic) bond motifs is 2. The highest BCUT2D eigenvalue weighted by molar-refractivity contribution is 6.66. The first-order chi connectivity index (χ1) is 32.6. The van der Waals surface area contributed by atoms with E-state index in [2.05, 4.69) is 63.7 Å². The number of benzene rings is 4. The molecule has 368 valence electrons. The maximum atomic E-state index is 15.4. The SMILES string of the molecule is C.C=CC(=O)Cl.C=CC(=O)N1CCN(c2ncnc3c(F)c(-c4ccc(F)cc4F)c(C)cc23)CC1.CCN(CC)CC.Cc1cc2c(N3CCCCC3)ncnc2c(F)c1-c1ccc(F)cc1F. The predicted molar refractivity (Wildman–Crippen MR) is 265 cm³/mol. The lowest BCUT2D eigenvalue weighted by molar-refractivity contribution is -0.126. The molecule has 0 N–H and O–H groups in total. The lowest BCUT2D eigenvalue weighted by atomic mass is 9.96. The van der Waals surface area contributed by atoms with Crippen molar-refractivity contribution in [1.29, 1.82) is 0 Å². The normalized spacial score (nSPS) is 13.3. The van der Waals surface area contributed by atoms with Crippen LogP contribution >= 0.6 is 11.6 Å². The minimum Gasteiger partial charge on any atom is -0.356 e. The Balaban J connectivity index is 0.000000242. The Morgan fingerprint density at radius 3 is 1.38 bits per heavy atom. The van der Waals surface area contributed by atoms with Gasteiger partial charge in [-0.1, -0.05) is 41.4 Å². The fourth-order valence-electron chi connectivity index (χ4n) is 8.14. The van der Waals surface area contributed by atoms with E-state index in [0.29, 0.717) is 59.7 Å². The second kappa shape index (κ2) is 25.8. The number of hydrogen-bond donors (Lipinski definition) is 0. The fraction of sp³-hybridized carbons (Fsp3) is 0.346. The number of piperidine rings is 1. The van der Waals surface area contributed by atoms with Crippen molar-refractivity contribution in [2.75, 3.05) is 68.7 Å². The number of rotatable bonds is 9. The summed E-state index contributed by atoms with van der Waals surface area (Å²) < 4.78 is 85.7. The lowest BCUT2D eigenvalue weighted by Crippen LogP contribution is -2.48. The van der Waals surface area contributed by atoms with E-state index in [1.165, 1.54) is 56.9 Å². The van der Waals surface area contributed by atoms with Crippen molar-refractivity contribution in [2.45, 2.75) is 61.3 Å². The summed E-state index contributed by atoms with van der Waals surface area (Å²) in [6, 6.07) is 9.70. The van der Waals surface area contributed by atoms with Crippen molar-refractivity contribution in [3.63, 3.8) is 0 Å². The molecule has 69 heavy (non-hydrogen) atoms. The van der Waals surface area contributed by atoms with Crippen molar-refractivity contribution >= 4 is 56.2 Å². The number of carbonyl (C=O) groups is 2. The number of nitrogens with zero attached hydrogens (tertiary/aromatic N) is 8. The number of halogens is 7. The van der Waals surface area contributed by atoms with Gasteiger partial charge in [-0.15, -0.1) is 0 Å². The molecule has 6 aromatic rings. The molecule has 2 aliphatic heterocycles. The number of carbonyl (C=O) groups excluding carboxylic acids is 2. The maximum absolute atomic E-state index is 15.4. The number of hydrogen-bond acceptors (Lipinski definition) is 9. The fourth-order valence-corrected chi connectivity index (χ4v) is 8.14. The Morgan fingerprint density at radius 2 is 1.03 bits per heavy atom. The van der Waals surface area contributed by atoms with Crippen LogP contribution in [-0.2, 0) is 9.59 Å². The minimum absolute atomic E-state index is 0. The van der Waals surface area contributed by atoms with Crippen LogP contribution in [0.4, 0.5) is 38.0 Å². The summed E-state index contributed by atoms with van der Waals surface area (Å²) in [6.07, 6.45) is 8.27. The molecular formula is C52H59ClF6N8O2. The zero-order chi connectivity index (χ0) is 49.7. The molecule has 4 heterocycles. The molecule has 2 saturated heterocycles. The minimum atomic E-state index is -0.839. The van der Waals surface area contributed by atoms with E-state index in [0.717, 1.165) is 56.3 Å². The van der Waals surface area contributed by atoms with Crippen LogP contribution in [0.3, 0.4) is 0 Å². The van der Waals surface area contributed by atoms with Gasteiger partial charge in [0.1, 0.15) is 58.6 Å². The number of amides is 1. The number of allylic oxidation sites excluding steroid dienone is 1. The van der Waals surface area contributed by atoms with Gasteiger partial charge < -0.3 is 19.6 Å². The molecule has 0 atom stereocenters. The van der Waals surface area contributed by atoms with Gasteiger partial charge in [0, 0.05) is 84.4 Å². The van der Waals surface area contributed by atoms with Gasteiger partial charge >= 0.3 is 0 Å². The molecule has 2 fully saturated rings. The van der Waals surface area contributed by atoms with Gasteiger partial charge in [-0.05, 0) is 124 Å². The third-order valence-electron chi connectivity index (χ3n) is 11.7. The van der Waals surface area contributed by atoms with Gasteiger partial charge in [-0.25, -0.2) is 46.3 Å². The molecule has 8 rings (SSSR count). The third-order valence-corrected chi connectivity index (χ3v) is 11.9. The van der Waals surface area contributed by atoms with Gasteiger partial charge in [0.05, 0.1) is 0 Å². The van der Waals surface area contributed by atoms with E-state index in [1.54, 1.807) is 30.9 Å². The van der Waals surface area contributed by atoms with Crippen LogP contribution in [0.5, 0.6) is 0 Å². The highest BCUT2D eigenvalue weighted by Gasteiger charge is 2.26. The third kappa shape index (κ3) is 13.4. The summed E-state index contributed by atoms with van der Waals surface area (Å²) in [6.45, 7) is 23.9. The zero-order valence-electron chi connectivity index (χ0n) is 38.9. The van der Waals surface area contributed by atoms with E-state index in [9.17, 15) is 27.2 Å². The Labute approximate surface area is 405 Å². The molecule has 0 spiro atoms. The van der Waals surface area contributed by atoms with Crippen molar-refractivity contribution in [1.82, 2.24) is 29.7 Å². The smallest absolute Gasteiger partial charge is 0.246 e. The van der Waals surface area contributed by atoms with Crippen LogP contribution in [0.15, 0.2) is 86.5 Å². The lowest BCUT2D eigenvalue weighted by Gasteiger charge is -2.35. The molecular weight excluding hydrogens is 918 g/mol. The molecule has 4 aromatic carbocycles. The molecule has 0 aliphatic carbocycles. The Hall–Kier alpha value is -6.39. The summed E-state index contributed by atoms with van der Waals surface area (Å²) in [4.78, 5) is 46.3. The molecule has 2 aromatic heterocycles. The van der Waals surface area contributed by atoms with Gasteiger partial charge in [0.15, 0.2) is 11.6 Å². The van der Waals surface area contributed by atoms with Crippen molar-refractivity contribution in [3.8, 4) is 22.3 Å². The second-order valence-corrected chi connectivity index (χ2v) is 16.3. The first-order valence-corrected chi connectivity index (χ1v) is 22.7. The molecule has 17 heteroatoms. The van der Waals surface area contributed by atoms with Crippen LogP contribution in [0.2, 0.25) is 0 Å². The highest BCUT2D eigenvalue weighted by Crippen LogP contribution is 2.38. The monoisotopic (exact) mass is 976 g/mol. The summed E-state index contributed by atoms with van der Waals surface area (Å²) >= 11 is 4.71. The van der Waals surface area contributed by atoms with Crippen LogP contribution in [0.25, 0.3) is 44.1 Å².